The molecule has 0 N–H and O–H groups in total. The van der Waals surface area contributed by atoms with E-state index in [-0.39, 0.29) is 18.3 Å². The number of aromatic nitrogens is 2. The quantitative estimate of drug-likeness (QED) is 0.706. The van der Waals surface area contributed by atoms with E-state index in [1.807, 2.05) is 0 Å². The van der Waals surface area contributed by atoms with Crippen LogP contribution in [0, 0.1) is 0 Å². The summed E-state index contributed by atoms with van der Waals surface area (Å²) in [6.45, 7) is 0.0870. The molecule has 0 aliphatic carbocycles. The van der Waals surface area contributed by atoms with Gasteiger partial charge in [-0.15, -0.1) is 5.10 Å². The molecule has 22 heavy (non-hydrogen) atoms. The molecule has 0 aliphatic heterocycles. The number of rotatable bonds is 5. The van der Waals surface area contributed by atoms with Crippen molar-refractivity contribution in [3.63, 3.8) is 0 Å². The van der Waals surface area contributed by atoms with Crippen molar-refractivity contribution in [3.8, 4) is 11.7 Å². The molecule has 0 fully saturated rings. The van der Waals surface area contributed by atoms with Crippen LogP contribution in [-0.4, -0.2) is 27.6 Å². The maximum absolute atomic E-state index is 12.1. The number of furan rings is 2. The summed E-state index contributed by atoms with van der Waals surface area (Å²) in [5.74, 6) is 0.00675. The predicted octanol–water partition coefficient (Wildman–Crippen LogP) is 1.35. The van der Waals surface area contributed by atoms with Crippen molar-refractivity contribution in [2.24, 2.45) is 0 Å². The fraction of sp³-hybridized carbons (Fsp3) is 0.214. The normalized spacial score (nSPS) is 10.8. The van der Waals surface area contributed by atoms with E-state index in [1.165, 1.54) is 17.4 Å². The molecule has 3 aromatic rings. The van der Waals surface area contributed by atoms with E-state index in [0.717, 1.165) is 4.68 Å². The molecule has 8 nitrogen and oxygen atoms in total. The molecule has 0 radical (unpaired) electrons. The van der Waals surface area contributed by atoms with Crippen LogP contribution in [-0.2, 0) is 17.9 Å². The van der Waals surface area contributed by atoms with Crippen LogP contribution in [0.4, 0.5) is 0 Å². The molecule has 0 saturated carbocycles. The Balaban J connectivity index is 1.70. The lowest BCUT2D eigenvalue weighted by atomic mass is 10.4. The van der Waals surface area contributed by atoms with Gasteiger partial charge in [-0.3, -0.25) is 4.79 Å². The van der Waals surface area contributed by atoms with Crippen molar-refractivity contribution < 1.29 is 18.0 Å². The van der Waals surface area contributed by atoms with Gasteiger partial charge in [0.05, 0.1) is 19.1 Å². The average Bonchev–Trinajstić information content (AvgIpc) is 3.21. The van der Waals surface area contributed by atoms with Gasteiger partial charge in [0, 0.05) is 7.05 Å². The Hall–Kier alpha value is -3.03. The first-order valence-electron chi connectivity index (χ1n) is 6.51. The molecule has 0 saturated heterocycles. The lowest BCUT2D eigenvalue weighted by Gasteiger charge is -2.14. The van der Waals surface area contributed by atoms with Crippen molar-refractivity contribution in [3.05, 3.63) is 53.1 Å². The molecular weight excluding hydrogens is 290 g/mol. The summed E-state index contributed by atoms with van der Waals surface area (Å²) in [5.41, 5.74) is 0. The Morgan fingerprint density at radius 2 is 2.05 bits per heavy atom. The summed E-state index contributed by atoms with van der Waals surface area (Å²) >= 11 is 0. The lowest BCUT2D eigenvalue weighted by Crippen LogP contribution is -2.32. The predicted molar refractivity (Wildman–Crippen MR) is 73.6 cm³/mol. The van der Waals surface area contributed by atoms with E-state index in [2.05, 4.69) is 5.10 Å². The van der Waals surface area contributed by atoms with Gasteiger partial charge in [0.15, 0.2) is 5.76 Å². The largest absolute Gasteiger partial charge is 0.467 e. The third-order valence-corrected chi connectivity index (χ3v) is 3.02. The first-order valence-corrected chi connectivity index (χ1v) is 6.51. The fourth-order valence-corrected chi connectivity index (χ4v) is 1.88. The number of nitrogens with zero attached hydrogens (tertiary/aromatic N) is 3. The minimum atomic E-state index is -0.717. The van der Waals surface area contributed by atoms with Gasteiger partial charge in [0.1, 0.15) is 12.3 Å². The Bertz CT molecular complexity index is 798. The SMILES string of the molecule is CN(Cc1ccco1)C(=O)Cn1nc(-c2ccco2)oc1=O. The molecule has 3 rings (SSSR count). The van der Waals surface area contributed by atoms with Gasteiger partial charge in [0.2, 0.25) is 5.91 Å². The van der Waals surface area contributed by atoms with Gasteiger partial charge in [-0.25, -0.2) is 4.79 Å². The third kappa shape index (κ3) is 2.85. The highest BCUT2D eigenvalue weighted by molar-refractivity contribution is 5.75. The van der Waals surface area contributed by atoms with Gasteiger partial charge in [-0.2, -0.15) is 4.68 Å². The van der Waals surface area contributed by atoms with Crippen LogP contribution in [0.15, 0.2) is 54.8 Å². The maximum Gasteiger partial charge on any atom is 0.437 e. The van der Waals surface area contributed by atoms with Crippen molar-refractivity contribution in [2.45, 2.75) is 13.1 Å². The minimum Gasteiger partial charge on any atom is -0.467 e. The van der Waals surface area contributed by atoms with Crippen molar-refractivity contribution >= 4 is 5.91 Å². The monoisotopic (exact) mass is 303 g/mol. The van der Waals surface area contributed by atoms with Gasteiger partial charge < -0.3 is 18.2 Å². The Kier molecular flexibility index (Phi) is 3.65. The van der Waals surface area contributed by atoms with Crippen LogP contribution in [0.3, 0.4) is 0 Å². The highest BCUT2D eigenvalue weighted by Crippen LogP contribution is 2.15. The molecule has 1 amide bonds. The second kappa shape index (κ2) is 5.76. The van der Waals surface area contributed by atoms with Crippen molar-refractivity contribution in [2.75, 3.05) is 7.05 Å². The van der Waals surface area contributed by atoms with Crippen LogP contribution in [0.25, 0.3) is 11.7 Å². The number of likely N-dealkylation sites (N-methyl/N-ethyl adjacent to an activating group) is 1. The molecule has 0 aromatic carbocycles. The summed E-state index contributed by atoms with van der Waals surface area (Å²) < 4.78 is 16.2. The van der Waals surface area contributed by atoms with Gasteiger partial charge in [0.25, 0.3) is 5.89 Å². The van der Waals surface area contributed by atoms with Gasteiger partial charge >= 0.3 is 5.76 Å². The minimum absolute atomic E-state index is 0.0384. The number of hydrogen-bond acceptors (Lipinski definition) is 6. The molecular formula is C14H13N3O5. The first-order chi connectivity index (χ1) is 10.6. The molecule has 0 aliphatic rings. The molecule has 0 unspecified atom stereocenters. The topological polar surface area (TPSA) is 94.6 Å². The second-order valence-electron chi connectivity index (χ2n) is 4.64. The molecule has 3 heterocycles. The number of carbonyl (C=O) groups excluding carboxylic acids is 1. The van der Waals surface area contributed by atoms with Gasteiger partial charge in [-0.1, -0.05) is 0 Å². The van der Waals surface area contributed by atoms with E-state index < -0.39 is 5.76 Å². The zero-order chi connectivity index (χ0) is 15.5. The number of amides is 1. The summed E-state index contributed by atoms with van der Waals surface area (Å²) in [6, 6.07) is 6.77. The summed E-state index contributed by atoms with van der Waals surface area (Å²) in [4.78, 5) is 25.3. The summed E-state index contributed by atoms with van der Waals surface area (Å²) in [5, 5.41) is 3.94. The average molecular weight is 303 g/mol. The standard InChI is InChI=1S/C14H13N3O5/c1-16(8-10-4-2-6-20-10)12(18)9-17-14(19)22-13(15-17)11-5-3-7-21-11/h2-7H,8-9H2,1H3. The molecule has 0 atom stereocenters. The van der Waals surface area contributed by atoms with Crippen LogP contribution in [0.2, 0.25) is 0 Å². The first kappa shape index (κ1) is 13.9. The van der Waals surface area contributed by atoms with Crippen LogP contribution >= 0.6 is 0 Å². The molecule has 114 valence electrons. The van der Waals surface area contributed by atoms with E-state index in [0.29, 0.717) is 18.1 Å². The highest BCUT2D eigenvalue weighted by atomic mass is 16.4. The van der Waals surface area contributed by atoms with E-state index in [9.17, 15) is 9.59 Å². The molecule has 8 heteroatoms. The van der Waals surface area contributed by atoms with Crippen LogP contribution in [0.1, 0.15) is 5.76 Å². The Labute approximate surface area is 124 Å². The van der Waals surface area contributed by atoms with Gasteiger partial charge in [-0.05, 0) is 24.3 Å². The zero-order valence-corrected chi connectivity index (χ0v) is 11.8. The van der Waals surface area contributed by atoms with Crippen molar-refractivity contribution in [1.82, 2.24) is 14.7 Å². The van der Waals surface area contributed by atoms with E-state index >= 15 is 0 Å². The number of hydrogen-bond donors (Lipinski definition) is 0. The highest BCUT2D eigenvalue weighted by Gasteiger charge is 2.17. The van der Waals surface area contributed by atoms with E-state index in [1.54, 1.807) is 31.3 Å². The molecule has 0 bridgehead atoms. The van der Waals surface area contributed by atoms with Crippen LogP contribution < -0.4 is 5.76 Å². The zero-order valence-electron chi connectivity index (χ0n) is 11.8. The molecule has 0 spiro atoms. The second-order valence-corrected chi connectivity index (χ2v) is 4.64. The Morgan fingerprint density at radius 3 is 2.73 bits per heavy atom. The van der Waals surface area contributed by atoms with E-state index in [4.69, 9.17) is 13.3 Å². The Morgan fingerprint density at radius 1 is 1.27 bits per heavy atom. The maximum atomic E-state index is 12.1. The summed E-state index contributed by atoms with van der Waals surface area (Å²) in [7, 11) is 1.61. The third-order valence-electron chi connectivity index (χ3n) is 3.02. The van der Waals surface area contributed by atoms with Crippen molar-refractivity contribution in [1.29, 1.82) is 0 Å². The van der Waals surface area contributed by atoms with Crippen LogP contribution in [0.5, 0.6) is 0 Å². The number of carbonyl (C=O) groups is 1. The fourth-order valence-electron chi connectivity index (χ4n) is 1.88. The smallest absolute Gasteiger partial charge is 0.437 e. The summed E-state index contributed by atoms with van der Waals surface area (Å²) in [6.07, 6.45) is 2.97. The molecule has 3 aromatic heterocycles. The lowest BCUT2D eigenvalue weighted by molar-refractivity contribution is -0.131.